The summed E-state index contributed by atoms with van der Waals surface area (Å²) in [5.74, 6) is 0.753. The fourth-order valence-corrected chi connectivity index (χ4v) is 6.77. The zero-order valence-corrected chi connectivity index (χ0v) is 27.6. The monoisotopic (exact) mass is 633 g/mol. The van der Waals surface area contributed by atoms with Gasteiger partial charge in [0, 0.05) is 48.9 Å². The molecule has 11 heteroatoms. The van der Waals surface area contributed by atoms with Crippen LogP contribution in [0.15, 0.2) is 49.1 Å². The summed E-state index contributed by atoms with van der Waals surface area (Å²) in [6.07, 6.45) is 4.43. The Kier molecular flexibility index (Phi) is 11.1. The largest absolute Gasteiger partial charge is 0.462 e. The van der Waals surface area contributed by atoms with Crippen LogP contribution in [0, 0.1) is 13.5 Å². The van der Waals surface area contributed by atoms with Crippen LogP contribution >= 0.6 is 27.0 Å². The zero-order chi connectivity index (χ0) is 29.2. The Labute approximate surface area is 274 Å². The molecule has 2 aromatic carbocycles. The van der Waals surface area contributed by atoms with Gasteiger partial charge in [-0.3, -0.25) is 4.79 Å². The first-order chi connectivity index (χ1) is 20.5. The topological polar surface area (TPSA) is 69.4 Å². The standard InChI is InChI=1S/C33H39N7O2.2H2S/c1-5-30(41)40-18-17-39(20-26(40)19-34-3)32-27-14-16-38(29-13-7-11-24-10-6-9-23(2)31(24)29)21-28(27)35-33(36-32)42-22-25-12-8-15-37(25)4;;/h5-7,9-11,13,25-26H,1,8,12,14-22H2,2,4H3;2*1H2/t25-,26-;;/m0../s1. The zero-order valence-electron chi connectivity index (χ0n) is 25.6. The second kappa shape index (κ2) is 14.5. The molecule has 6 rings (SSSR count). The van der Waals surface area contributed by atoms with Gasteiger partial charge in [-0.25, -0.2) is 6.57 Å². The Hall–Kier alpha value is -3.46. The molecule has 0 aliphatic carbocycles. The number of aromatic nitrogens is 2. The Bertz CT molecular complexity index is 1540. The van der Waals surface area contributed by atoms with Gasteiger partial charge in [0.15, 0.2) is 0 Å². The van der Waals surface area contributed by atoms with Gasteiger partial charge in [0.25, 0.3) is 0 Å². The van der Waals surface area contributed by atoms with Crippen molar-refractivity contribution in [3.8, 4) is 6.01 Å². The molecule has 3 aliphatic rings. The summed E-state index contributed by atoms with van der Waals surface area (Å²) in [6.45, 7) is 18.4. The summed E-state index contributed by atoms with van der Waals surface area (Å²) in [6, 6.07) is 13.5. The van der Waals surface area contributed by atoms with Gasteiger partial charge in [-0.15, -0.1) is 0 Å². The highest BCUT2D eigenvalue weighted by Gasteiger charge is 2.35. The molecule has 0 spiro atoms. The molecule has 0 bridgehead atoms. The third-order valence-electron chi connectivity index (χ3n) is 9.07. The number of rotatable bonds is 7. The number of anilines is 2. The first kappa shape index (κ1) is 33.4. The van der Waals surface area contributed by atoms with E-state index in [1.165, 1.54) is 34.5 Å². The van der Waals surface area contributed by atoms with E-state index in [0.717, 1.165) is 43.0 Å². The molecule has 234 valence electrons. The summed E-state index contributed by atoms with van der Waals surface area (Å²) in [5.41, 5.74) is 4.61. The van der Waals surface area contributed by atoms with Crippen LogP contribution in [0.4, 0.5) is 11.5 Å². The van der Waals surface area contributed by atoms with E-state index < -0.39 is 0 Å². The van der Waals surface area contributed by atoms with E-state index in [1.807, 2.05) is 0 Å². The molecule has 1 amide bonds. The van der Waals surface area contributed by atoms with Crippen molar-refractivity contribution in [3.05, 3.63) is 77.3 Å². The second-order valence-corrected chi connectivity index (χ2v) is 11.6. The van der Waals surface area contributed by atoms with Crippen LogP contribution in [0.3, 0.4) is 0 Å². The first-order valence-corrected chi connectivity index (χ1v) is 14.9. The third-order valence-corrected chi connectivity index (χ3v) is 9.07. The number of hydrogen-bond donors (Lipinski definition) is 0. The highest BCUT2D eigenvalue weighted by atomic mass is 32.1. The molecule has 3 aliphatic heterocycles. The Morgan fingerprint density at radius 2 is 1.89 bits per heavy atom. The molecule has 9 nitrogen and oxygen atoms in total. The molecule has 1 aromatic heterocycles. The SMILES string of the molecule is S.S.[C-]#[N+]C[C@H]1CN(c2nc(OC[C@@H]3CCCN3C)nc3c2CCN(c2cccc4cccc(C)c24)C3)CCN1C(=O)C=C. The second-order valence-electron chi connectivity index (χ2n) is 11.6. The predicted octanol–water partition coefficient (Wildman–Crippen LogP) is 4.32. The van der Waals surface area contributed by atoms with Crippen molar-refractivity contribution < 1.29 is 9.53 Å². The number of piperazine rings is 1. The van der Waals surface area contributed by atoms with Crippen molar-refractivity contribution in [2.24, 2.45) is 0 Å². The minimum Gasteiger partial charge on any atom is -0.462 e. The number of hydrogen-bond acceptors (Lipinski definition) is 7. The van der Waals surface area contributed by atoms with Crippen LogP contribution in [0.25, 0.3) is 15.6 Å². The molecule has 0 N–H and O–H groups in total. The van der Waals surface area contributed by atoms with E-state index >= 15 is 0 Å². The Balaban J connectivity index is 0.00000221. The normalized spacial score (nSPS) is 19.9. The molecule has 0 radical (unpaired) electrons. The van der Waals surface area contributed by atoms with Crippen LogP contribution < -0.4 is 14.5 Å². The minimum absolute atomic E-state index is 0. The molecule has 0 saturated carbocycles. The highest BCUT2D eigenvalue weighted by molar-refractivity contribution is 7.59. The maximum absolute atomic E-state index is 12.5. The van der Waals surface area contributed by atoms with Crippen LogP contribution in [0.5, 0.6) is 6.01 Å². The van der Waals surface area contributed by atoms with Crippen molar-refractivity contribution in [2.75, 3.05) is 62.7 Å². The lowest BCUT2D eigenvalue weighted by molar-refractivity contribution is -0.128. The molecular weight excluding hydrogens is 591 g/mol. The fourth-order valence-electron chi connectivity index (χ4n) is 6.77. The van der Waals surface area contributed by atoms with Crippen LogP contribution in [0.1, 0.15) is 29.7 Å². The number of carbonyl (C=O) groups is 1. The number of amides is 1. The van der Waals surface area contributed by atoms with Crippen LogP contribution in [-0.2, 0) is 17.8 Å². The molecule has 3 aromatic rings. The molecular formula is C33H43N7O2S2. The van der Waals surface area contributed by atoms with Crippen LogP contribution in [-0.4, -0.2) is 90.7 Å². The van der Waals surface area contributed by atoms with E-state index in [2.05, 4.69) is 76.5 Å². The first-order valence-electron chi connectivity index (χ1n) is 14.9. The van der Waals surface area contributed by atoms with E-state index in [0.29, 0.717) is 44.8 Å². The lowest BCUT2D eigenvalue weighted by atomic mass is 9.99. The van der Waals surface area contributed by atoms with Gasteiger partial charge < -0.3 is 29.2 Å². The maximum atomic E-state index is 12.5. The van der Waals surface area contributed by atoms with E-state index in [4.69, 9.17) is 21.3 Å². The Morgan fingerprint density at radius 1 is 1.09 bits per heavy atom. The van der Waals surface area contributed by atoms with Crippen molar-refractivity contribution in [2.45, 2.75) is 44.8 Å². The summed E-state index contributed by atoms with van der Waals surface area (Å²) >= 11 is 0. The molecule has 44 heavy (non-hydrogen) atoms. The van der Waals surface area contributed by atoms with Gasteiger partial charge in [0.1, 0.15) is 18.5 Å². The average Bonchev–Trinajstić information content (AvgIpc) is 3.43. The number of likely N-dealkylation sites (tertiary alicyclic amines) is 1. The lowest BCUT2D eigenvalue weighted by Gasteiger charge is -2.41. The Morgan fingerprint density at radius 3 is 2.61 bits per heavy atom. The van der Waals surface area contributed by atoms with Crippen LogP contribution in [0.2, 0.25) is 0 Å². The molecule has 2 saturated heterocycles. The molecule has 2 atom stereocenters. The summed E-state index contributed by atoms with van der Waals surface area (Å²) in [4.78, 5) is 34.9. The number of carbonyl (C=O) groups excluding carboxylic acids is 1. The minimum atomic E-state index is -0.220. The van der Waals surface area contributed by atoms with E-state index in [9.17, 15) is 4.79 Å². The van der Waals surface area contributed by atoms with Gasteiger partial charge in [0.2, 0.25) is 12.5 Å². The van der Waals surface area contributed by atoms with Crippen molar-refractivity contribution in [1.82, 2.24) is 19.8 Å². The number of fused-ring (bicyclic) bond motifs is 2. The smallest absolute Gasteiger partial charge is 0.318 e. The highest BCUT2D eigenvalue weighted by Crippen LogP contribution is 2.36. The quantitative estimate of drug-likeness (QED) is 0.284. The number of benzene rings is 2. The van der Waals surface area contributed by atoms with E-state index in [-0.39, 0.29) is 45.5 Å². The van der Waals surface area contributed by atoms with Gasteiger partial charge >= 0.3 is 6.01 Å². The number of ether oxygens (including phenoxy) is 1. The number of aryl methyl sites for hydroxylation is 1. The summed E-state index contributed by atoms with van der Waals surface area (Å²) < 4.78 is 6.30. The van der Waals surface area contributed by atoms with Gasteiger partial charge in [-0.2, -0.15) is 37.0 Å². The summed E-state index contributed by atoms with van der Waals surface area (Å²) in [7, 11) is 2.14. The number of likely N-dealkylation sites (N-methyl/N-ethyl adjacent to an activating group) is 1. The number of nitrogens with zero attached hydrogens (tertiary/aromatic N) is 7. The predicted molar refractivity (Wildman–Crippen MR) is 187 cm³/mol. The molecule has 0 unspecified atom stereocenters. The van der Waals surface area contributed by atoms with Gasteiger partial charge in [-0.05, 0) is 62.9 Å². The summed E-state index contributed by atoms with van der Waals surface area (Å²) in [5, 5.41) is 2.52. The van der Waals surface area contributed by atoms with Gasteiger partial charge in [-0.1, -0.05) is 36.9 Å². The molecule has 4 heterocycles. The lowest BCUT2D eigenvalue weighted by Crippen LogP contribution is -2.56. The van der Waals surface area contributed by atoms with Crippen molar-refractivity contribution in [1.29, 1.82) is 0 Å². The van der Waals surface area contributed by atoms with E-state index in [1.54, 1.807) is 4.90 Å². The van der Waals surface area contributed by atoms with Crippen molar-refractivity contribution in [3.63, 3.8) is 0 Å². The third kappa shape index (κ3) is 6.63. The van der Waals surface area contributed by atoms with Gasteiger partial charge in [0.05, 0.1) is 12.2 Å². The van der Waals surface area contributed by atoms with Crippen molar-refractivity contribution >= 4 is 55.2 Å². The maximum Gasteiger partial charge on any atom is 0.318 e. The fraction of sp³-hybridized carbons (Fsp3) is 0.455. The average molecular weight is 634 g/mol. The molecule has 2 fully saturated rings.